The van der Waals surface area contributed by atoms with Crippen LogP contribution in [0.1, 0.15) is 11.1 Å². The maximum Gasteiger partial charge on any atom is 0.191 e. The molecular weight excluding hydrogens is 393 g/mol. The van der Waals surface area contributed by atoms with E-state index in [1.165, 1.54) is 6.07 Å². The van der Waals surface area contributed by atoms with Gasteiger partial charge in [0.15, 0.2) is 5.96 Å². The minimum atomic E-state index is -0.306. The second-order valence-electron chi connectivity index (χ2n) is 6.32. The van der Waals surface area contributed by atoms with Crippen LogP contribution in [0.4, 0.5) is 4.39 Å². The summed E-state index contributed by atoms with van der Waals surface area (Å²) in [7, 11) is 3.30. The number of imidazole rings is 1. The van der Waals surface area contributed by atoms with Crippen molar-refractivity contribution in [2.75, 3.05) is 20.7 Å². The minimum absolute atomic E-state index is 0.306. The van der Waals surface area contributed by atoms with Crippen molar-refractivity contribution in [2.24, 2.45) is 4.99 Å². The predicted octanol–water partition coefficient (Wildman–Crippen LogP) is 3.58. The van der Waals surface area contributed by atoms with Gasteiger partial charge in [0.25, 0.3) is 0 Å². The molecule has 0 saturated heterocycles. The second-order valence-corrected chi connectivity index (χ2v) is 6.72. The Labute approximate surface area is 174 Å². The standard InChI is InChI=1S/C21H23ClFN5O/c1-24-21(26-8-7-16-4-5-17(29-2)12-18(16)22)27-13-15-3-6-20(19(23)11-15)28-10-9-25-14-28/h3-6,9-12,14H,7-8,13H2,1-2H3,(H2,24,26,27). The van der Waals surface area contributed by atoms with Gasteiger partial charge in [0.05, 0.1) is 19.1 Å². The predicted molar refractivity (Wildman–Crippen MR) is 113 cm³/mol. The highest BCUT2D eigenvalue weighted by molar-refractivity contribution is 6.31. The van der Waals surface area contributed by atoms with Gasteiger partial charge in [-0.05, 0) is 41.8 Å². The lowest BCUT2D eigenvalue weighted by Gasteiger charge is -2.13. The van der Waals surface area contributed by atoms with Crippen molar-refractivity contribution in [3.05, 3.63) is 77.1 Å². The maximum absolute atomic E-state index is 14.4. The first-order valence-electron chi connectivity index (χ1n) is 9.14. The molecule has 0 bridgehead atoms. The molecule has 0 atom stereocenters. The Bertz CT molecular complexity index is 975. The van der Waals surface area contributed by atoms with E-state index >= 15 is 0 Å². The number of benzene rings is 2. The molecule has 0 saturated carbocycles. The Morgan fingerprint density at radius 3 is 2.76 bits per heavy atom. The molecule has 152 valence electrons. The van der Waals surface area contributed by atoms with E-state index in [1.807, 2.05) is 18.2 Å². The van der Waals surface area contributed by atoms with Crippen LogP contribution >= 0.6 is 11.6 Å². The fourth-order valence-corrected chi connectivity index (χ4v) is 3.12. The lowest BCUT2D eigenvalue weighted by molar-refractivity contribution is 0.414. The quantitative estimate of drug-likeness (QED) is 0.457. The highest BCUT2D eigenvalue weighted by atomic mass is 35.5. The van der Waals surface area contributed by atoms with E-state index in [4.69, 9.17) is 16.3 Å². The van der Waals surface area contributed by atoms with Crippen LogP contribution in [0.15, 0.2) is 60.1 Å². The number of aliphatic imine (C=N–C) groups is 1. The Morgan fingerprint density at radius 2 is 2.10 bits per heavy atom. The number of hydrogen-bond donors (Lipinski definition) is 2. The average molecular weight is 416 g/mol. The zero-order valence-corrected chi connectivity index (χ0v) is 17.1. The number of nitrogens with one attached hydrogen (secondary N) is 2. The van der Waals surface area contributed by atoms with E-state index in [0.717, 1.165) is 23.3 Å². The summed E-state index contributed by atoms with van der Waals surface area (Å²) in [5.41, 5.74) is 2.30. The van der Waals surface area contributed by atoms with E-state index < -0.39 is 0 Å². The van der Waals surface area contributed by atoms with Crippen LogP contribution in [0.3, 0.4) is 0 Å². The molecule has 0 spiro atoms. The summed E-state index contributed by atoms with van der Waals surface area (Å²) in [5.74, 6) is 1.06. The smallest absolute Gasteiger partial charge is 0.191 e. The molecule has 8 heteroatoms. The third-order valence-corrected chi connectivity index (χ3v) is 4.78. The Morgan fingerprint density at radius 1 is 1.24 bits per heavy atom. The lowest BCUT2D eigenvalue weighted by Crippen LogP contribution is -2.37. The fraction of sp³-hybridized carbons (Fsp3) is 0.238. The molecule has 2 N–H and O–H groups in total. The van der Waals surface area contributed by atoms with Gasteiger partial charge in [-0.15, -0.1) is 0 Å². The summed E-state index contributed by atoms with van der Waals surface area (Å²) in [5, 5.41) is 7.09. The summed E-state index contributed by atoms with van der Waals surface area (Å²) in [4.78, 5) is 8.14. The topological polar surface area (TPSA) is 63.5 Å². The van der Waals surface area contributed by atoms with Gasteiger partial charge in [0.1, 0.15) is 11.6 Å². The van der Waals surface area contributed by atoms with Crippen LogP contribution in [0.2, 0.25) is 5.02 Å². The van der Waals surface area contributed by atoms with Crippen LogP contribution in [0, 0.1) is 5.82 Å². The van der Waals surface area contributed by atoms with Crippen LogP contribution in [-0.2, 0) is 13.0 Å². The van der Waals surface area contributed by atoms with E-state index in [1.54, 1.807) is 49.6 Å². The fourth-order valence-electron chi connectivity index (χ4n) is 2.85. The normalized spacial score (nSPS) is 11.4. The summed E-state index contributed by atoms with van der Waals surface area (Å²) in [6.45, 7) is 1.10. The molecule has 0 aliphatic carbocycles. The summed E-state index contributed by atoms with van der Waals surface area (Å²) >= 11 is 6.27. The molecule has 2 aromatic carbocycles. The Balaban J connectivity index is 1.51. The van der Waals surface area contributed by atoms with Crippen molar-refractivity contribution < 1.29 is 9.13 Å². The molecule has 1 heterocycles. The largest absolute Gasteiger partial charge is 0.497 e. The molecule has 3 aromatic rings. The summed E-state index contributed by atoms with van der Waals surface area (Å²) < 4.78 is 21.2. The van der Waals surface area contributed by atoms with E-state index in [-0.39, 0.29) is 5.82 Å². The Hall–Kier alpha value is -3.06. The molecule has 3 rings (SSSR count). The number of guanidine groups is 1. The number of nitrogens with zero attached hydrogens (tertiary/aromatic N) is 3. The van der Waals surface area contributed by atoms with Gasteiger partial charge in [0, 0.05) is 37.6 Å². The van der Waals surface area contributed by atoms with Gasteiger partial charge in [-0.2, -0.15) is 0 Å². The van der Waals surface area contributed by atoms with Gasteiger partial charge >= 0.3 is 0 Å². The third-order valence-electron chi connectivity index (χ3n) is 4.43. The van der Waals surface area contributed by atoms with Crippen molar-refractivity contribution in [3.8, 4) is 11.4 Å². The van der Waals surface area contributed by atoms with Gasteiger partial charge in [0.2, 0.25) is 0 Å². The van der Waals surface area contributed by atoms with Gasteiger partial charge in [-0.3, -0.25) is 4.99 Å². The van der Waals surface area contributed by atoms with Crippen molar-refractivity contribution in [1.82, 2.24) is 20.2 Å². The third kappa shape index (κ3) is 5.48. The highest BCUT2D eigenvalue weighted by Gasteiger charge is 2.07. The Kier molecular flexibility index (Phi) is 7.08. The number of aromatic nitrogens is 2. The van der Waals surface area contributed by atoms with Crippen molar-refractivity contribution >= 4 is 17.6 Å². The van der Waals surface area contributed by atoms with Gasteiger partial charge < -0.3 is 19.9 Å². The van der Waals surface area contributed by atoms with Crippen molar-refractivity contribution in [1.29, 1.82) is 0 Å². The number of rotatable bonds is 7. The minimum Gasteiger partial charge on any atom is -0.497 e. The first-order valence-corrected chi connectivity index (χ1v) is 9.52. The van der Waals surface area contributed by atoms with E-state index in [9.17, 15) is 4.39 Å². The lowest BCUT2D eigenvalue weighted by atomic mass is 10.1. The van der Waals surface area contributed by atoms with E-state index in [2.05, 4.69) is 20.6 Å². The molecule has 29 heavy (non-hydrogen) atoms. The van der Waals surface area contributed by atoms with Gasteiger partial charge in [-0.25, -0.2) is 9.37 Å². The first kappa shape index (κ1) is 20.7. The monoisotopic (exact) mass is 415 g/mol. The number of methoxy groups -OCH3 is 1. The van der Waals surface area contributed by atoms with Crippen LogP contribution in [0.25, 0.3) is 5.69 Å². The molecule has 0 aliphatic rings. The molecule has 0 amide bonds. The summed E-state index contributed by atoms with van der Waals surface area (Å²) in [6, 6.07) is 10.7. The number of hydrogen-bond acceptors (Lipinski definition) is 3. The van der Waals surface area contributed by atoms with E-state index in [0.29, 0.717) is 29.8 Å². The molecule has 0 radical (unpaired) electrons. The van der Waals surface area contributed by atoms with Crippen LogP contribution in [0.5, 0.6) is 5.75 Å². The SMILES string of the molecule is CN=C(NCCc1ccc(OC)cc1Cl)NCc1ccc(-n2ccnc2)c(F)c1. The maximum atomic E-state index is 14.4. The molecule has 1 aromatic heterocycles. The first-order chi connectivity index (χ1) is 14.1. The zero-order chi connectivity index (χ0) is 20.6. The van der Waals surface area contributed by atoms with Crippen LogP contribution in [-0.4, -0.2) is 36.2 Å². The average Bonchev–Trinajstić information content (AvgIpc) is 3.26. The molecule has 0 fully saturated rings. The molecule has 0 unspecified atom stereocenters. The highest BCUT2D eigenvalue weighted by Crippen LogP contribution is 2.22. The molecule has 0 aliphatic heterocycles. The van der Waals surface area contributed by atoms with Crippen molar-refractivity contribution in [3.63, 3.8) is 0 Å². The van der Waals surface area contributed by atoms with Crippen molar-refractivity contribution in [2.45, 2.75) is 13.0 Å². The zero-order valence-electron chi connectivity index (χ0n) is 16.3. The molecule has 6 nitrogen and oxygen atoms in total. The second kappa shape index (κ2) is 9.93. The van der Waals surface area contributed by atoms with Crippen LogP contribution < -0.4 is 15.4 Å². The summed E-state index contributed by atoms with van der Waals surface area (Å²) in [6.07, 6.45) is 5.62. The van der Waals surface area contributed by atoms with Gasteiger partial charge in [-0.1, -0.05) is 23.7 Å². The number of ether oxygens (including phenoxy) is 1. The molecular formula is C21H23ClFN5O. The number of halogens is 2.